The third-order valence-electron chi connectivity index (χ3n) is 4.18. The van der Waals surface area contributed by atoms with Crippen molar-refractivity contribution in [1.82, 2.24) is 10.6 Å². The first-order valence-electron chi connectivity index (χ1n) is 8.85. The lowest BCUT2D eigenvalue weighted by Gasteiger charge is -2.30. The zero-order valence-electron chi connectivity index (χ0n) is 15.7. The van der Waals surface area contributed by atoms with Gasteiger partial charge in [-0.2, -0.15) is 0 Å². The molecule has 0 bridgehead atoms. The quantitative estimate of drug-likeness (QED) is 0.420. The number of para-hydroxylation sites is 1. The smallest absolute Gasteiger partial charge is 0.338 e. The fourth-order valence-electron chi connectivity index (χ4n) is 2.89. The van der Waals surface area contributed by atoms with Crippen LogP contribution in [-0.2, 0) is 14.3 Å². The van der Waals surface area contributed by atoms with Crippen LogP contribution in [0.3, 0.4) is 0 Å². The predicted octanol–water partition coefficient (Wildman–Crippen LogP) is 3.46. The van der Waals surface area contributed by atoms with Crippen LogP contribution in [0.15, 0.2) is 65.9 Å². The second-order valence-corrected chi connectivity index (χ2v) is 6.59. The van der Waals surface area contributed by atoms with E-state index in [9.17, 15) is 4.79 Å². The Hall–Kier alpha value is -2.90. The maximum atomic E-state index is 12.7. The highest BCUT2D eigenvalue weighted by Crippen LogP contribution is 2.31. The summed E-state index contributed by atoms with van der Waals surface area (Å²) in [6, 6.07) is 16.6. The molecule has 0 spiro atoms. The standard InChI is InChI=1S/C21H22N2O4S/c1-14-18(20(24)26-12-11-25-2)19(23-21(28)22-14)15-7-6-10-17(13-15)27-16-8-4-3-5-9-16/h3-10,13,19H,11-12H2,1-2H3,(H2,22,23,28)/t19-/m0/s1. The highest BCUT2D eigenvalue weighted by Gasteiger charge is 2.31. The maximum Gasteiger partial charge on any atom is 0.338 e. The van der Waals surface area contributed by atoms with Gasteiger partial charge in [0.2, 0.25) is 0 Å². The van der Waals surface area contributed by atoms with Crippen molar-refractivity contribution in [2.75, 3.05) is 20.3 Å². The summed E-state index contributed by atoms with van der Waals surface area (Å²) in [7, 11) is 1.56. The van der Waals surface area contributed by atoms with Gasteiger partial charge in [0.1, 0.15) is 18.1 Å². The Kier molecular flexibility index (Phi) is 6.62. The van der Waals surface area contributed by atoms with E-state index in [1.54, 1.807) is 14.0 Å². The van der Waals surface area contributed by atoms with Crippen molar-refractivity contribution in [3.63, 3.8) is 0 Å². The Balaban J connectivity index is 1.87. The molecule has 1 heterocycles. The second-order valence-electron chi connectivity index (χ2n) is 6.19. The largest absolute Gasteiger partial charge is 0.460 e. The number of carbonyl (C=O) groups is 1. The monoisotopic (exact) mass is 398 g/mol. The molecule has 6 nitrogen and oxygen atoms in total. The van der Waals surface area contributed by atoms with Crippen LogP contribution in [0.2, 0.25) is 0 Å². The van der Waals surface area contributed by atoms with Crippen LogP contribution >= 0.6 is 12.2 Å². The van der Waals surface area contributed by atoms with Crippen molar-refractivity contribution in [2.45, 2.75) is 13.0 Å². The molecule has 1 aliphatic heterocycles. The lowest BCUT2D eigenvalue weighted by Crippen LogP contribution is -2.45. The number of carbonyl (C=O) groups excluding carboxylic acids is 1. The van der Waals surface area contributed by atoms with E-state index in [0.717, 1.165) is 11.3 Å². The first kappa shape index (κ1) is 19.9. The Morgan fingerprint density at radius 3 is 2.57 bits per heavy atom. The molecule has 0 unspecified atom stereocenters. The Bertz CT molecular complexity index is 883. The van der Waals surface area contributed by atoms with Gasteiger partial charge in [-0.25, -0.2) is 4.79 Å². The van der Waals surface area contributed by atoms with Crippen LogP contribution in [0, 0.1) is 0 Å². The molecule has 2 N–H and O–H groups in total. The highest BCUT2D eigenvalue weighted by molar-refractivity contribution is 7.80. The van der Waals surface area contributed by atoms with E-state index in [4.69, 9.17) is 26.4 Å². The zero-order valence-corrected chi connectivity index (χ0v) is 16.5. The van der Waals surface area contributed by atoms with Crippen molar-refractivity contribution < 1.29 is 19.0 Å². The number of nitrogens with one attached hydrogen (secondary N) is 2. The van der Waals surface area contributed by atoms with E-state index < -0.39 is 12.0 Å². The molecule has 3 rings (SSSR count). The lowest BCUT2D eigenvalue weighted by molar-refractivity contribution is -0.140. The van der Waals surface area contributed by atoms with Gasteiger partial charge in [0, 0.05) is 12.8 Å². The molecule has 28 heavy (non-hydrogen) atoms. The molecule has 146 valence electrons. The van der Waals surface area contributed by atoms with Gasteiger partial charge in [0.15, 0.2) is 5.11 Å². The average molecular weight is 398 g/mol. The Labute approximate surface area is 169 Å². The van der Waals surface area contributed by atoms with E-state index in [1.807, 2.05) is 54.6 Å². The number of methoxy groups -OCH3 is 1. The molecule has 2 aromatic carbocycles. The SMILES string of the molecule is COCCOC(=O)C1=C(C)NC(=S)N[C@H]1c1cccc(Oc2ccccc2)c1. The van der Waals surface area contributed by atoms with Gasteiger partial charge >= 0.3 is 5.97 Å². The molecule has 1 aliphatic rings. The van der Waals surface area contributed by atoms with Crippen LogP contribution in [0.25, 0.3) is 0 Å². The molecule has 7 heteroatoms. The molecule has 0 saturated heterocycles. The Morgan fingerprint density at radius 1 is 1.07 bits per heavy atom. The molecular formula is C21H22N2O4S. The van der Waals surface area contributed by atoms with Gasteiger partial charge in [-0.3, -0.25) is 0 Å². The summed E-state index contributed by atoms with van der Waals surface area (Å²) in [5, 5.41) is 6.59. The summed E-state index contributed by atoms with van der Waals surface area (Å²) >= 11 is 5.28. The molecule has 0 fully saturated rings. The zero-order chi connectivity index (χ0) is 19.9. The maximum absolute atomic E-state index is 12.7. The van der Waals surface area contributed by atoms with Crippen LogP contribution in [-0.4, -0.2) is 31.4 Å². The third kappa shape index (κ3) is 4.88. The lowest BCUT2D eigenvalue weighted by atomic mass is 9.95. The van der Waals surface area contributed by atoms with Crippen molar-refractivity contribution in [3.05, 3.63) is 71.4 Å². The van der Waals surface area contributed by atoms with E-state index in [0.29, 0.717) is 28.7 Å². The van der Waals surface area contributed by atoms with E-state index in [2.05, 4.69) is 10.6 Å². The molecule has 2 aromatic rings. The summed E-state index contributed by atoms with van der Waals surface area (Å²) in [4.78, 5) is 12.7. The summed E-state index contributed by atoms with van der Waals surface area (Å²) in [6.07, 6.45) is 0. The molecule has 0 radical (unpaired) electrons. The fraction of sp³-hybridized carbons (Fsp3) is 0.238. The van der Waals surface area contributed by atoms with Gasteiger partial charge in [0.05, 0.1) is 18.2 Å². The molecule has 0 amide bonds. The number of allylic oxidation sites excluding steroid dienone is 1. The van der Waals surface area contributed by atoms with E-state index in [-0.39, 0.29) is 6.61 Å². The number of benzene rings is 2. The number of ether oxygens (including phenoxy) is 3. The topological polar surface area (TPSA) is 68.8 Å². The molecular weight excluding hydrogens is 376 g/mol. The number of rotatable bonds is 7. The third-order valence-corrected chi connectivity index (χ3v) is 4.40. The number of hydrogen-bond acceptors (Lipinski definition) is 5. The summed E-state index contributed by atoms with van der Waals surface area (Å²) < 4.78 is 16.2. The molecule has 1 atom stereocenters. The van der Waals surface area contributed by atoms with E-state index in [1.165, 1.54) is 0 Å². The van der Waals surface area contributed by atoms with Crippen molar-refractivity contribution in [1.29, 1.82) is 0 Å². The molecule has 0 saturated carbocycles. The normalized spacial score (nSPS) is 16.2. The number of thiocarbonyl (C=S) groups is 1. The number of hydrogen-bond donors (Lipinski definition) is 2. The first-order valence-corrected chi connectivity index (χ1v) is 9.26. The minimum atomic E-state index is -0.442. The van der Waals surface area contributed by atoms with Gasteiger partial charge in [0.25, 0.3) is 0 Å². The van der Waals surface area contributed by atoms with E-state index >= 15 is 0 Å². The summed E-state index contributed by atoms with van der Waals surface area (Å²) in [6.45, 7) is 2.32. The minimum absolute atomic E-state index is 0.181. The van der Waals surface area contributed by atoms with Crippen molar-refractivity contribution >= 4 is 23.3 Å². The van der Waals surface area contributed by atoms with Crippen molar-refractivity contribution in [3.8, 4) is 11.5 Å². The minimum Gasteiger partial charge on any atom is -0.460 e. The van der Waals surface area contributed by atoms with Crippen molar-refractivity contribution in [2.24, 2.45) is 0 Å². The highest BCUT2D eigenvalue weighted by atomic mass is 32.1. The number of esters is 1. The van der Waals surface area contributed by atoms with Crippen LogP contribution in [0.5, 0.6) is 11.5 Å². The fourth-order valence-corrected chi connectivity index (χ4v) is 3.16. The average Bonchev–Trinajstić information content (AvgIpc) is 2.68. The van der Waals surface area contributed by atoms with Gasteiger partial charge in [-0.15, -0.1) is 0 Å². The second kappa shape index (κ2) is 9.34. The van der Waals surface area contributed by atoms with Gasteiger partial charge in [-0.05, 0) is 49.0 Å². The Morgan fingerprint density at radius 2 is 1.82 bits per heavy atom. The first-order chi connectivity index (χ1) is 13.6. The summed E-state index contributed by atoms with van der Waals surface area (Å²) in [5.41, 5.74) is 1.97. The molecule has 0 aliphatic carbocycles. The van der Waals surface area contributed by atoms with Crippen LogP contribution in [0.1, 0.15) is 18.5 Å². The van der Waals surface area contributed by atoms with Crippen LogP contribution < -0.4 is 15.4 Å². The van der Waals surface area contributed by atoms with Crippen LogP contribution in [0.4, 0.5) is 0 Å². The summed E-state index contributed by atoms with van der Waals surface area (Å²) in [5.74, 6) is 0.982. The molecule has 0 aromatic heterocycles. The van der Waals surface area contributed by atoms with Gasteiger partial charge < -0.3 is 24.8 Å². The van der Waals surface area contributed by atoms with Gasteiger partial charge in [-0.1, -0.05) is 30.3 Å². The predicted molar refractivity (Wildman–Crippen MR) is 110 cm³/mol.